The second kappa shape index (κ2) is 6.77. The molecule has 1 heterocycles. The highest BCUT2D eigenvalue weighted by Crippen LogP contribution is 2.32. The van der Waals surface area contributed by atoms with Crippen LogP contribution in [0.3, 0.4) is 0 Å². The van der Waals surface area contributed by atoms with Gasteiger partial charge in [0.1, 0.15) is 4.21 Å². The highest BCUT2D eigenvalue weighted by Gasteiger charge is 2.31. The maximum Gasteiger partial charge on any atom is 0.252 e. The van der Waals surface area contributed by atoms with E-state index in [0.717, 1.165) is 30.6 Å². The van der Waals surface area contributed by atoms with Gasteiger partial charge in [0.25, 0.3) is 10.0 Å². The number of hydrogen-bond donors (Lipinski definition) is 0. The Kier molecular flexibility index (Phi) is 5.51. The topological polar surface area (TPSA) is 37.4 Å². The molecule has 2 rings (SSSR count). The monoisotopic (exact) mass is 335 g/mol. The quantitative estimate of drug-likeness (QED) is 0.769. The molecule has 3 nitrogen and oxygen atoms in total. The van der Waals surface area contributed by atoms with E-state index in [-0.39, 0.29) is 6.04 Å². The Labute approximate surface area is 131 Å². The molecule has 0 saturated heterocycles. The molecule has 0 aliphatic heterocycles. The second-order valence-corrected chi connectivity index (χ2v) is 9.38. The normalized spacial score (nSPS) is 24.2. The van der Waals surface area contributed by atoms with E-state index in [1.165, 1.54) is 17.8 Å². The lowest BCUT2D eigenvalue weighted by atomic mass is 9.87. The van der Waals surface area contributed by atoms with E-state index in [1.807, 2.05) is 6.07 Å². The second-order valence-electron chi connectivity index (χ2n) is 5.61. The number of nitrogens with zero attached hydrogens (tertiary/aromatic N) is 1. The van der Waals surface area contributed by atoms with Crippen LogP contribution in [0.25, 0.3) is 0 Å². The Hall–Kier alpha value is -0.100. The van der Waals surface area contributed by atoms with Crippen LogP contribution >= 0.6 is 22.9 Å². The number of alkyl halides is 1. The minimum atomic E-state index is -3.35. The average Bonchev–Trinajstić information content (AvgIpc) is 2.87. The molecule has 0 amide bonds. The Morgan fingerprint density at radius 3 is 2.80 bits per heavy atom. The largest absolute Gasteiger partial charge is 0.252 e. The van der Waals surface area contributed by atoms with Gasteiger partial charge in [0.2, 0.25) is 0 Å². The minimum Gasteiger partial charge on any atom is -0.206 e. The summed E-state index contributed by atoms with van der Waals surface area (Å²) in [6.07, 6.45) is 5.00. The van der Waals surface area contributed by atoms with Crippen molar-refractivity contribution in [3.63, 3.8) is 0 Å². The molecule has 2 atom stereocenters. The van der Waals surface area contributed by atoms with E-state index in [2.05, 4.69) is 6.92 Å². The fraction of sp³-hybridized carbons (Fsp3) is 0.714. The maximum absolute atomic E-state index is 12.7. The molecular weight excluding hydrogens is 314 g/mol. The SMILES string of the molecule is CC1CCCC(N(C)S(=O)(=O)c2ccc(CCCl)s2)C1. The van der Waals surface area contributed by atoms with Crippen LogP contribution in [0.5, 0.6) is 0 Å². The van der Waals surface area contributed by atoms with Crippen molar-refractivity contribution in [2.24, 2.45) is 5.92 Å². The molecule has 1 fully saturated rings. The summed E-state index contributed by atoms with van der Waals surface area (Å²) in [5.41, 5.74) is 0. The number of hydrogen-bond acceptors (Lipinski definition) is 3. The summed E-state index contributed by atoms with van der Waals surface area (Å²) in [4.78, 5) is 1.03. The zero-order valence-electron chi connectivity index (χ0n) is 12.0. The first-order chi connectivity index (χ1) is 9.45. The summed E-state index contributed by atoms with van der Waals surface area (Å²) in [5, 5.41) is 0. The minimum absolute atomic E-state index is 0.141. The van der Waals surface area contributed by atoms with Crippen molar-refractivity contribution in [3.8, 4) is 0 Å². The molecule has 1 aromatic rings. The van der Waals surface area contributed by atoms with Crippen LogP contribution in [0.4, 0.5) is 0 Å². The van der Waals surface area contributed by atoms with Crippen molar-refractivity contribution in [2.45, 2.75) is 49.3 Å². The molecule has 1 aliphatic rings. The van der Waals surface area contributed by atoms with Crippen molar-refractivity contribution in [2.75, 3.05) is 12.9 Å². The maximum atomic E-state index is 12.7. The first kappa shape index (κ1) is 16.3. The zero-order valence-corrected chi connectivity index (χ0v) is 14.4. The molecular formula is C14H22ClNO2S2. The third-order valence-corrected chi connectivity index (χ3v) is 7.75. The van der Waals surface area contributed by atoms with Gasteiger partial charge in [-0.3, -0.25) is 0 Å². The van der Waals surface area contributed by atoms with Crippen LogP contribution in [-0.4, -0.2) is 31.7 Å². The van der Waals surface area contributed by atoms with Crippen molar-refractivity contribution in [3.05, 3.63) is 17.0 Å². The van der Waals surface area contributed by atoms with E-state index in [1.54, 1.807) is 17.4 Å². The third kappa shape index (κ3) is 3.56. The Bertz CT molecular complexity index is 541. The summed E-state index contributed by atoms with van der Waals surface area (Å²) in [5.74, 6) is 1.14. The van der Waals surface area contributed by atoms with Gasteiger partial charge in [-0.15, -0.1) is 22.9 Å². The van der Waals surface area contributed by atoms with Crippen molar-refractivity contribution >= 4 is 33.0 Å². The number of halogens is 1. The van der Waals surface area contributed by atoms with Crippen LogP contribution in [0.1, 0.15) is 37.5 Å². The van der Waals surface area contributed by atoms with Gasteiger partial charge in [-0.25, -0.2) is 8.42 Å². The van der Waals surface area contributed by atoms with Gasteiger partial charge in [-0.1, -0.05) is 19.8 Å². The van der Waals surface area contributed by atoms with Gasteiger partial charge in [0.05, 0.1) is 0 Å². The number of sulfonamides is 1. The lowest BCUT2D eigenvalue weighted by Gasteiger charge is -2.33. The highest BCUT2D eigenvalue weighted by atomic mass is 35.5. The first-order valence-electron chi connectivity index (χ1n) is 7.08. The standard InChI is InChI=1S/C14H22ClNO2S2/c1-11-4-3-5-12(10-11)16(2)20(17,18)14-7-6-13(19-14)8-9-15/h6-7,11-12H,3-5,8-10H2,1-2H3. The Morgan fingerprint density at radius 1 is 1.40 bits per heavy atom. The van der Waals surface area contributed by atoms with Crippen molar-refractivity contribution in [1.82, 2.24) is 4.31 Å². The molecule has 1 aromatic heterocycles. The number of rotatable bonds is 5. The lowest BCUT2D eigenvalue weighted by Crippen LogP contribution is -2.39. The molecule has 20 heavy (non-hydrogen) atoms. The zero-order chi connectivity index (χ0) is 14.8. The van der Waals surface area contributed by atoms with Crippen molar-refractivity contribution in [1.29, 1.82) is 0 Å². The lowest BCUT2D eigenvalue weighted by molar-refractivity contribution is 0.239. The fourth-order valence-corrected chi connectivity index (χ4v) is 6.05. The molecule has 1 aliphatic carbocycles. The molecule has 0 spiro atoms. The van der Waals surface area contributed by atoms with Gasteiger partial charge < -0.3 is 0 Å². The van der Waals surface area contributed by atoms with E-state index < -0.39 is 10.0 Å². The van der Waals surface area contributed by atoms with Gasteiger partial charge in [-0.05, 0) is 37.3 Å². The summed E-state index contributed by atoms with van der Waals surface area (Å²) in [6.45, 7) is 2.20. The molecule has 0 bridgehead atoms. The van der Waals surface area contributed by atoms with Gasteiger partial charge in [0, 0.05) is 23.8 Å². The van der Waals surface area contributed by atoms with E-state index in [0.29, 0.717) is 16.0 Å². The van der Waals surface area contributed by atoms with E-state index in [9.17, 15) is 8.42 Å². The predicted molar refractivity (Wildman–Crippen MR) is 85.1 cm³/mol. The molecule has 0 radical (unpaired) electrons. The predicted octanol–water partition coefficient (Wildman–Crippen LogP) is 3.73. The highest BCUT2D eigenvalue weighted by molar-refractivity contribution is 7.91. The summed E-state index contributed by atoms with van der Waals surface area (Å²) in [6, 6.07) is 3.73. The van der Waals surface area contributed by atoms with Crippen LogP contribution in [-0.2, 0) is 16.4 Å². The van der Waals surface area contributed by atoms with Crippen molar-refractivity contribution < 1.29 is 8.42 Å². The average molecular weight is 336 g/mol. The van der Waals surface area contributed by atoms with Crippen LogP contribution in [0.2, 0.25) is 0 Å². The van der Waals surface area contributed by atoms with Gasteiger partial charge >= 0.3 is 0 Å². The molecule has 2 unspecified atom stereocenters. The molecule has 114 valence electrons. The fourth-order valence-electron chi connectivity index (χ4n) is 2.79. The molecule has 1 saturated carbocycles. The van der Waals surface area contributed by atoms with Crippen LogP contribution in [0, 0.1) is 5.92 Å². The number of aryl methyl sites for hydroxylation is 1. The summed E-state index contributed by atoms with van der Waals surface area (Å²) < 4.78 is 27.3. The van der Waals surface area contributed by atoms with E-state index in [4.69, 9.17) is 11.6 Å². The van der Waals surface area contributed by atoms with Crippen LogP contribution < -0.4 is 0 Å². The number of thiophene rings is 1. The third-order valence-electron chi connectivity index (χ3n) is 4.03. The molecule has 0 aromatic carbocycles. The van der Waals surface area contributed by atoms with E-state index >= 15 is 0 Å². The summed E-state index contributed by atoms with van der Waals surface area (Å²) in [7, 11) is -1.63. The smallest absolute Gasteiger partial charge is 0.206 e. The first-order valence-corrected chi connectivity index (χ1v) is 9.87. The van der Waals surface area contributed by atoms with Gasteiger partial charge in [0.15, 0.2) is 0 Å². The molecule has 0 N–H and O–H groups in total. The summed E-state index contributed by atoms with van der Waals surface area (Å²) >= 11 is 7.05. The Balaban J connectivity index is 2.15. The Morgan fingerprint density at radius 2 is 2.15 bits per heavy atom. The molecule has 6 heteroatoms. The van der Waals surface area contributed by atoms with Crippen LogP contribution in [0.15, 0.2) is 16.3 Å². The van der Waals surface area contributed by atoms with Gasteiger partial charge in [-0.2, -0.15) is 4.31 Å².